The Morgan fingerprint density at radius 2 is 1.86 bits per heavy atom. The molecule has 6 heteroatoms. The molecule has 0 unspecified atom stereocenters. The van der Waals surface area contributed by atoms with Crippen molar-refractivity contribution in [1.82, 2.24) is 4.98 Å². The van der Waals surface area contributed by atoms with E-state index in [0.29, 0.717) is 10.9 Å². The number of nitrogens with one attached hydrogen (secondary N) is 1. The molecule has 3 aromatic rings. The van der Waals surface area contributed by atoms with Gasteiger partial charge in [0, 0.05) is 17.0 Å². The predicted octanol–water partition coefficient (Wildman–Crippen LogP) is 5.12. The van der Waals surface area contributed by atoms with Gasteiger partial charge in [0.15, 0.2) is 16.6 Å². The molecule has 0 bridgehead atoms. The van der Waals surface area contributed by atoms with E-state index in [9.17, 15) is 4.79 Å². The molecular formula is C22H20N2O3S. The van der Waals surface area contributed by atoms with Crippen molar-refractivity contribution >= 4 is 28.5 Å². The second kappa shape index (κ2) is 7.48. The van der Waals surface area contributed by atoms with Crippen LogP contribution in [0.2, 0.25) is 0 Å². The van der Waals surface area contributed by atoms with Gasteiger partial charge in [-0.1, -0.05) is 12.1 Å². The summed E-state index contributed by atoms with van der Waals surface area (Å²) in [5.41, 5.74) is 6.50. The Morgan fingerprint density at radius 1 is 1.07 bits per heavy atom. The Kier molecular flexibility index (Phi) is 4.88. The zero-order chi connectivity index (χ0) is 19.7. The number of rotatable bonds is 4. The maximum absolute atomic E-state index is 12.2. The summed E-state index contributed by atoms with van der Waals surface area (Å²) in [6.45, 7) is 6.50. The van der Waals surface area contributed by atoms with Crippen LogP contribution in [0.3, 0.4) is 0 Å². The monoisotopic (exact) mass is 392 g/mol. The van der Waals surface area contributed by atoms with Crippen LogP contribution in [0.1, 0.15) is 22.3 Å². The molecule has 1 amide bonds. The predicted molar refractivity (Wildman–Crippen MR) is 112 cm³/mol. The average Bonchev–Trinajstić information content (AvgIpc) is 3.32. The molecule has 0 spiro atoms. The number of hydrogen-bond acceptors (Lipinski definition) is 5. The van der Waals surface area contributed by atoms with Crippen LogP contribution in [-0.2, 0) is 4.79 Å². The van der Waals surface area contributed by atoms with Crippen LogP contribution in [0.25, 0.3) is 17.3 Å². The maximum atomic E-state index is 12.2. The Morgan fingerprint density at radius 3 is 2.71 bits per heavy atom. The summed E-state index contributed by atoms with van der Waals surface area (Å²) in [5, 5.41) is 5.37. The molecule has 1 aliphatic rings. The molecule has 4 rings (SSSR count). The lowest BCUT2D eigenvalue weighted by Crippen LogP contribution is -2.07. The van der Waals surface area contributed by atoms with Crippen LogP contribution in [0.15, 0.2) is 41.8 Å². The third-order valence-electron chi connectivity index (χ3n) is 4.67. The quantitative estimate of drug-likeness (QED) is 0.627. The highest BCUT2D eigenvalue weighted by atomic mass is 32.1. The normalized spacial score (nSPS) is 12.5. The van der Waals surface area contributed by atoms with Crippen molar-refractivity contribution in [2.75, 3.05) is 12.1 Å². The van der Waals surface area contributed by atoms with Gasteiger partial charge in [0.2, 0.25) is 12.7 Å². The molecule has 2 heterocycles. The van der Waals surface area contributed by atoms with E-state index in [2.05, 4.69) is 43.2 Å². The van der Waals surface area contributed by atoms with Gasteiger partial charge in [-0.15, -0.1) is 11.3 Å². The van der Waals surface area contributed by atoms with Gasteiger partial charge >= 0.3 is 0 Å². The van der Waals surface area contributed by atoms with E-state index in [4.69, 9.17) is 9.47 Å². The minimum atomic E-state index is -0.227. The molecule has 0 saturated carbocycles. The lowest BCUT2D eigenvalue weighted by molar-refractivity contribution is -0.111. The number of aromatic nitrogens is 1. The molecule has 2 aromatic carbocycles. The Balaban J connectivity index is 1.45. The van der Waals surface area contributed by atoms with Crippen LogP contribution in [0.5, 0.6) is 11.5 Å². The topological polar surface area (TPSA) is 60.5 Å². The van der Waals surface area contributed by atoms with Gasteiger partial charge in [-0.05, 0) is 67.3 Å². The van der Waals surface area contributed by atoms with Crippen molar-refractivity contribution in [2.24, 2.45) is 0 Å². The van der Waals surface area contributed by atoms with Gasteiger partial charge in [0.05, 0.1) is 5.69 Å². The summed E-state index contributed by atoms with van der Waals surface area (Å²) in [6, 6.07) is 9.86. The van der Waals surface area contributed by atoms with Gasteiger partial charge in [0.1, 0.15) is 0 Å². The first-order valence-electron chi connectivity index (χ1n) is 8.92. The lowest BCUT2D eigenvalue weighted by Gasteiger charge is -2.07. The van der Waals surface area contributed by atoms with E-state index in [-0.39, 0.29) is 12.7 Å². The zero-order valence-corrected chi connectivity index (χ0v) is 16.7. The molecule has 0 fully saturated rings. The molecule has 1 aliphatic heterocycles. The number of thiazole rings is 1. The van der Waals surface area contributed by atoms with Crippen molar-refractivity contribution in [3.05, 3.63) is 64.0 Å². The third-order valence-corrected chi connectivity index (χ3v) is 5.43. The van der Waals surface area contributed by atoms with Crippen molar-refractivity contribution in [2.45, 2.75) is 20.8 Å². The first-order valence-corrected chi connectivity index (χ1v) is 9.80. The molecule has 0 atom stereocenters. The summed E-state index contributed by atoms with van der Waals surface area (Å²) in [7, 11) is 0. The van der Waals surface area contributed by atoms with Crippen molar-refractivity contribution in [3.63, 3.8) is 0 Å². The minimum Gasteiger partial charge on any atom is -0.454 e. The van der Waals surface area contributed by atoms with E-state index in [0.717, 1.165) is 22.6 Å². The SMILES string of the molecule is Cc1cc(C)c(-c2csc(NC(=O)C=Cc3ccc4c(c3)OCO4)n2)cc1C. The van der Waals surface area contributed by atoms with E-state index in [1.165, 1.54) is 34.1 Å². The summed E-state index contributed by atoms with van der Waals surface area (Å²) < 4.78 is 10.6. The smallest absolute Gasteiger partial charge is 0.250 e. The number of benzene rings is 2. The number of hydrogen-bond donors (Lipinski definition) is 1. The fourth-order valence-corrected chi connectivity index (χ4v) is 3.74. The average molecular weight is 392 g/mol. The first kappa shape index (κ1) is 18.3. The molecule has 0 aliphatic carbocycles. The van der Waals surface area contributed by atoms with Gasteiger partial charge in [0.25, 0.3) is 0 Å². The molecule has 0 radical (unpaired) electrons. The van der Waals surface area contributed by atoms with Gasteiger partial charge in [-0.25, -0.2) is 4.98 Å². The fraction of sp³-hybridized carbons (Fsp3) is 0.182. The van der Waals surface area contributed by atoms with Crippen molar-refractivity contribution in [1.29, 1.82) is 0 Å². The Labute approximate surface area is 167 Å². The van der Waals surface area contributed by atoms with E-state index in [1.54, 1.807) is 6.08 Å². The van der Waals surface area contributed by atoms with E-state index >= 15 is 0 Å². The molecule has 28 heavy (non-hydrogen) atoms. The van der Waals surface area contributed by atoms with E-state index in [1.807, 2.05) is 23.6 Å². The molecule has 0 saturated heterocycles. The summed E-state index contributed by atoms with van der Waals surface area (Å²) in [5.74, 6) is 1.19. The summed E-state index contributed by atoms with van der Waals surface area (Å²) in [6.07, 6.45) is 3.22. The van der Waals surface area contributed by atoms with Gasteiger partial charge in [-0.2, -0.15) is 0 Å². The van der Waals surface area contributed by atoms with Gasteiger partial charge < -0.3 is 9.47 Å². The second-order valence-corrected chi connectivity index (χ2v) is 7.58. The Hall–Kier alpha value is -3.12. The number of carbonyl (C=O) groups is 1. The van der Waals surface area contributed by atoms with Crippen LogP contribution < -0.4 is 14.8 Å². The minimum absolute atomic E-state index is 0.227. The zero-order valence-electron chi connectivity index (χ0n) is 15.9. The number of ether oxygens (including phenoxy) is 2. The molecule has 5 nitrogen and oxygen atoms in total. The largest absolute Gasteiger partial charge is 0.454 e. The van der Waals surface area contributed by atoms with Crippen LogP contribution in [0.4, 0.5) is 5.13 Å². The standard InChI is InChI=1S/C22H20N2O3S/c1-13-8-15(3)17(9-14(13)2)18-11-28-22(23-18)24-21(25)7-5-16-4-6-19-20(10-16)27-12-26-19/h4-11H,12H2,1-3H3,(H,23,24,25). The number of carbonyl (C=O) groups excluding carboxylic acids is 1. The maximum Gasteiger partial charge on any atom is 0.250 e. The van der Waals surface area contributed by atoms with Crippen molar-refractivity contribution < 1.29 is 14.3 Å². The van der Waals surface area contributed by atoms with Crippen LogP contribution in [-0.4, -0.2) is 17.7 Å². The number of fused-ring (bicyclic) bond motifs is 1. The first-order chi connectivity index (χ1) is 13.5. The van der Waals surface area contributed by atoms with Crippen LogP contribution >= 0.6 is 11.3 Å². The molecule has 1 aromatic heterocycles. The highest BCUT2D eigenvalue weighted by molar-refractivity contribution is 7.14. The lowest BCUT2D eigenvalue weighted by atomic mass is 9.99. The summed E-state index contributed by atoms with van der Waals surface area (Å²) in [4.78, 5) is 16.8. The van der Waals surface area contributed by atoms with Crippen molar-refractivity contribution in [3.8, 4) is 22.8 Å². The third kappa shape index (κ3) is 3.77. The molecular weight excluding hydrogens is 372 g/mol. The number of anilines is 1. The highest BCUT2D eigenvalue weighted by Crippen LogP contribution is 2.33. The number of amides is 1. The van der Waals surface area contributed by atoms with Gasteiger partial charge in [-0.3, -0.25) is 10.1 Å². The molecule has 1 N–H and O–H groups in total. The Bertz CT molecular complexity index is 1090. The highest BCUT2D eigenvalue weighted by Gasteiger charge is 2.13. The van der Waals surface area contributed by atoms with E-state index < -0.39 is 0 Å². The fourth-order valence-electron chi connectivity index (χ4n) is 3.03. The summed E-state index contributed by atoms with van der Waals surface area (Å²) >= 11 is 1.42. The number of nitrogens with zero attached hydrogens (tertiary/aromatic N) is 1. The second-order valence-electron chi connectivity index (χ2n) is 6.72. The molecule has 142 valence electrons. The van der Waals surface area contributed by atoms with Crippen LogP contribution in [0, 0.1) is 20.8 Å². The number of aryl methyl sites for hydroxylation is 3.